The first-order valence-corrected chi connectivity index (χ1v) is 12.6. The van der Waals surface area contributed by atoms with Crippen LogP contribution in [0.15, 0.2) is 51.5 Å². The van der Waals surface area contributed by atoms with E-state index in [1.54, 1.807) is 45.8 Å². The SMILES string of the molecule is CCc1ccc(-c2nc(CSc3nnc(NCCc4cccs4)s3)cs2)cc1. The van der Waals surface area contributed by atoms with Crippen molar-refractivity contribution in [2.75, 3.05) is 11.9 Å². The van der Waals surface area contributed by atoms with Crippen LogP contribution in [0.5, 0.6) is 0 Å². The highest BCUT2D eigenvalue weighted by atomic mass is 32.2. The van der Waals surface area contributed by atoms with Gasteiger partial charge in [-0.3, -0.25) is 0 Å². The molecule has 0 bridgehead atoms. The Bertz CT molecular complexity index is 990. The highest BCUT2D eigenvalue weighted by molar-refractivity contribution is 8.00. The van der Waals surface area contributed by atoms with E-state index in [1.807, 2.05) is 0 Å². The Labute approximate surface area is 181 Å². The maximum atomic E-state index is 4.78. The minimum absolute atomic E-state index is 0.813. The van der Waals surface area contributed by atoms with Gasteiger partial charge in [0.25, 0.3) is 0 Å². The van der Waals surface area contributed by atoms with Gasteiger partial charge < -0.3 is 5.32 Å². The Morgan fingerprint density at radius 1 is 1.07 bits per heavy atom. The molecule has 4 rings (SSSR count). The summed E-state index contributed by atoms with van der Waals surface area (Å²) in [5.74, 6) is 0.813. The number of thioether (sulfide) groups is 1. The first-order valence-electron chi connectivity index (χ1n) is 9.06. The number of hydrogen-bond acceptors (Lipinski definition) is 8. The van der Waals surface area contributed by atoms with E-state index in [1.165, 1.54) is 16.0 Å². The van der Waals surface area contributed by atoms with Crippen molar-refractivity contribution in [3.63, 3.8) is 0 Å². The van der Waals surface area contributed by atoms with Crippen molar-refractivity contribution in [3.05, 3.63) is 63.3 Å². The largest absolute Gasteiger partial charge is 0.360 e. The third-order valence-corrected chi connectivity index (χ3v) is 8.06. The van der Waals surface area contributed by atoms with Crippen molar-refractivity contribution in [2.24, 2.45) is 0 Å². The summed E-state index contributed by atoms with van der Waals surface area (Å²) in [7, 11) is 0. The lowest BCUT2D eigenvalue weighted by molar-refractivity contribution is 0.979. The van der Waals surface area contributed by atoms with Crippen LogP contribution >= 0.6 is 45.8 Å². The topological polar surface area (TPSA) is 50.7 Å². The highest BCUT2D eigenvalue weighted by Gasteiger charge is 2.09. The lowest BCUT2D eigenvalue weighted by atomic mass is 10.1. The van der Waals surface area contributed by atoms with Crippen LogP contribution in [-0.4, -0.2) is 21.7 Å². The molecule has 0 radical (unpaired) electrons. The highest BCUT2D eigenvalue weighted by Crippen LogP contribution is 2.30. The van der Waals surface area contributed by atoms with Gasteiger partial charge in [-0.25, -0.2) is 4.98 Å². The van der Waals surface area contributed by atoms with Crippen LogP contribution in [0, 0.1) is 0 Å². The molecule has 3 heterocycles. The second kappa shape index (κ2) is 9.65. The molecule has 4 nitrogen and oxygen atoms in total. The van der Waals surface area contributed by atoms with E-state index in [9.17, 15) is 0 Å². The van der Waals surface area contributed by atoms with E-state index in [0.717, 1.165) is 45.3 Å². The fourth-order valence-electron chi connectivity index (χ4n) is 2.61. The molecule has 8 heteroatoms. The minimum atomic E-state index is 0.813. The van der Waals surface area contributed by atoms with E-state index >= 15 is 0 Å². The molecule has 3 aromatic heterocycles. The minimum Gasteiger partial charge on any atom is -0.360 e. The predicted octanol–water partition coefficient (Wildman–Crippen LogP) is 6.23. The Hall–Kier alpha value is -1.74. The van der Waals surface area contributed by atoms with Crippen LogP contribution in [-0.2, 0) is 18.6 Å². The summed E-state index contributed by atoms with van der Waals surface area (Å²) in [6, 6.07) is 12.9. The Morgan fingerprint density at radius 3 is 2.75 bits per heavy atom. The maximum Gasteiger partial charge on any atom is 0.206 e. The van der Waals surface area contributed by atoms with Crippen LogP contribution < -0.4 is 5.32 Å². The summed E-state index contributed by atoms with van der Waals surface area (Å²) in [5, 5.41) is 18.1. The fourth-order valence-corrected chi connectivity index (χ4v) is 5.92. The molecule has 1 N–H and O–H groups in total. The molecular formula is C20H20N4S4. The van der Waals surface area contributed by atoms with E-state index in [4.69, 9.17) is 4.98 Å². The number of hydrogen-bond donors (Lipinski definition) is 1. The van der Waals surface area contributed by atoms with Crippen molar-refractivity contribution >= 4 is 50.9 Å². The molecule has 1 aromatic carbocycles. The Balaban J connectivity index is 1.27. The van der Waals surface area contributed by atoms with Gasteiger partial charge in [0.05, 0.1) is 5.69 Å². The zero-order valence-electron chi connectivity index (χ0n) is 15.4. The van der Waals surface area contributed by atoms with Crippen LogP contribution in [0.25, 0.3) is 10.6 Å². The number of aromatic nitrogens is 3. The monoisotopic (exact) mass is 444 g/mol. The van der Waals surface area contributed by atoms with Gasteiger partial charge in [-0.1, -0.05) is 60.4 Å². The number of thiazole rings is 1. The predicted molar refractivity (Wildman–Crippen MR) is 123 cm³/mol. The molecule has 0 atom stereocenters. The number of aryl methyl sites for hydroxylation is 1. The summed E-state index contributed by atoms with van der Waals surface area (Å²) in [6.07, 6.45) is 2.08. The summed E-state index contributed by atoms with van der Waals surface area (Å²) in [4.78, 5) is 6.16. The quantitative estimate of drug-likeness (QED) is 0.310. The maximum absolute atomic E-state index is 4.78. The van der Waals surface area contributed by atoms with Crippen LogP contribution in [0.4, 0.5) is 5.13 Å². The van der Waals surface area contributed by atoms with Gasteiger partial charge >= 0.3 is 0 Å². The van der Waals surface area contributed by atoms with Crippen LogP contribution in [0.1, 0.15) is 23.1 Å². The smallest absolute Gasteiger partial charge is 0.206 e. The first-order chi connectivity index (χ1) is 13.8. The van der Waals surface area contributed by atoms with Crippen LogP contribution in [0.3, 0.4) is 0 Å². The molecule has 0 unspecified atom stereocenters. The molecular weight excluding hydrogens is 425 g/mol. The molecule has 0 spiro atoms. The van der Waals surface area contributed by atoms with Crippen molar-refractivity contribution in [1.29, 1.82) is 0 Å². The van der Waals surface area contributed by atoms with Gasteiger partial charge in [-0.2, -0.15) is 0 Å². The lowest BCUT2D eigenvalue weighted by Crippen LogP contribution is -2.03. The zero-order valence-corrected chi connectivity index (χ0v) is 18.7. The number of anilines is 1. The molecule has 144 valence electrons. The number of nitrogens with zero attached hydrogens (tertiary/aromatic N) is 3. The summed E-state index contributed by atoms with van der Waals surface area (Å²) >= 11 is 6.78. The van der Waals surface area contributed by atoms with Crippen molar-refractivity contribution < 1.29 is 0 Å². The average molecular weight is 445 g/mol. The van der Waals surface area contributed by atoms with Gasteiger partial charge in [0, 0.05) is 28.1 Å². The van der Waals surface area contributed by atoms with Gasteiger partial charge in [0.15, 0.2) is 4.34 Å². The fraction of sp³-hybridized carbons (Fsp3) is 0.250. The van der Waals surface area contributed by atoms with E-state index in [0.29, 0.717) is 0 Å². The summed E-state index contributed by atoms with van der Waals surface area (Å²) in [6.45, 7) is 3.05. The van der Waals surface area contributed by atoms with Crippen molar-refractivity contribution in [2.45, 2.75) is 29.9 Å². The van der Waals surface area contributed by atoms with E-state index in [2.05, 4.69) is 69.6 Å². The third kappa shape index (κ3) is 5.20. The molecule has 28 heavy (non-hydrogen) atoms. The van der Waals surface area contributed by atoms with E-state index < -0.39 is 0 Å². The van der Waals surface area contributed by atoms with Crippen molar-refractivity contribution in [1.82, 2.24) is 15.2 Å². The van der Waals surface area contributed by atoms with Gasteiger partial charge in [-0.15, -0.1) is 32.9 Å². The number of thiophene rings is 1. The van der Waals surface area contributed by atoms with Crippen LogP contribution in [0.2, 0.25) is 0 Å². The molecule has 0 aliphatic rings. The van der Waals surface area contributed by atoms with Gasteiger partial charge in [0.1, 0.15) is 5.01 Å². The average Bonchev–Trinajstić information content (AvgIpc) is 3.49. The van der Waals surface area contributed by atoms with Crippen molar-refractivity contribution in [3.8, 4) is 10.6 Å². The number of nitrogens with one attached hydrogen (secondary N) is 1. The molecule has 0 aliphatic carbocycles. The zero-order chi connectivity index (χ0) is 19.2. The standard InChI is InChI=1S/C20H20N4S4/c1-2-14-5-7-15(8-6-14)18-22-16(12-26-18)13-27-20-24-23-19(28-20)21-10-9-17-4-3-11-25-17/h3-8,11-12H,2,9-10,13H2,1H3,(H,21,23). The normalized spacial score (nSPS) is 11.0. The second-order valence-electron chi connectivity index (χ2n) is 6.11. The summed E-state index contributed by atoms with van der Waals surface area (Å²) in [5.41, 5.74) is 3.63. The van der Waals surface area contributed by atoms with Gasteiger partial charge in [0.2, 0.25) is 5.13 Å². The Kier molecular flexibility index (Phi) is 6.74. The molecule has 0 amide bonds. The number of rotatable bonds is 9. The number of benzene rings is 1. The third-order valence-electron chi connectivity index (χ3n) is 4.14. The lowest BCUT2D eigenvalue weighted by Gasteiger charge is -1.99. The van der Waals surface area contributed by atoms with E-state index in [-0.39, 0.29) is 0 Å². The first kappa shape index (κ1) is 19.6. The molecule has 0 aliphatic heterocycles. The summed E-state index contributed by atoms with van der Waals surface area (Å²) < 4.78 is 0.973. The second-order valence-corrected chi connectivity index (χ2v) is 10.2. The molecule has 4 aromatic rings. The van der Waals surface area contributed by atoms with Gasteiger partial charge in [-0.05, 0) is 29.9 Å². The molecule has 0 fully saturated rings. The Morgan fingerprint density at radius 2 is 1.96 bits per heavy atom. The molecule has 0 saturated heterocycles. The molecule has 0 saturated carbocycles.